The molecule has 1 amide bonds. The van der Waals surface area contributed by atoms with Crippen LogP contribution in [0.2, 0.25) is 0 Å². The molecule has 1 heterocycles. The zero-order valence-corrected chi connectivity index (χ0v) is 10.5. The normalized spacial score (nSPS) is 15.3. The van der Waals surface area contributed by atoms with Gasteiger partial charge in [0, 0.05) is 24.1 Å². The number of nitrogens with zero attached hydrogens (tertiary/aromatic N) is 1. The number of nitrogens with one attached hydrogen (secondary N) is 2. The van der Waals surface area contributed by atoms with E-state index in [0.29, 0.717) is 10.6 Å². The van der Waals surface area contributed by atoms with Crippen molar-refractivity contribution in [2.24, 2.45) is 0 Å². The van der Waals surface area contributed by atoms with Gasteiger partial charge in [-0.15, -0.1) is 0 Å². The van der Waals surface area contributed by atoms with Gasteiger partial charge in [0.15, 0.2) is 0 Å². The van der Waals surface area contributed by atoms with Crippen LogP contribution in [-0.2, 0) is 4.79 Å². The van der Waals surface area contributed by atoms with Gasteiger partial charge in [0.25, 0.3) is 5.91 Å². The minimum absolute atomic E-state index is 0.117. The first-order valence-corrected chi connectivity index (χ1v) is 5.93. The van der Waals surface area contributed by atoms with Crippen molar-refractivity contribution in [3.05, 3.63) is 34.9 Å². The molecule has 0 unspecified atom stereocenters. The predicted octanol–water partition coefficient (Wildman–Crippen LogP) is 1.54. The zero-order chi connectivity index (χ0) is 12.4. The number of hydrogen-bond donors (Lipinski definition) is 3. The Hall–Kier alpha value is -1.66. The molecule has 0 aromatic heterocycles. The molecule has 0 atom stereocenters. The largest absolute Gasteiger partial charge is 0.399 e. The number of nitrogen functional groups attached to an aromatic ring is 1. The van der Waals surface area contributed by atoms with Crippen molar-refractivity contribution in [1.29, 1.82) is 0 Å². The van der Waals surface area contributed by atoms with Crippen LogP contribution in [0.3, 0.4) is 0 Å². The summed E-state index contributed by atoms with van der Waals surface area (Å²) in [4.78, 5) is 15.6. The molecule has 0 bridgehead atoms. The molecule has 2 rings (SSSR count). The number of anilines is 2. The quantitative estimate of drug-likeness (QED) is 0.548. The van der Waals surface area contributed by atoms with Gasteiger partial charge in [-0.05, 0) is 43.1 Å². The lowest BCUT2D eigenvalue weighted by Crippen LogP contribution is -2.21. The number of hydrazine groups is 1. The van der Waals surface area contributed by atoms with Crippen molar-refractivity contribution < 1.29 is 4.79 Å². The molecule has 1 aliphatic heterocycles. The van der Waals surface area contributed by atoms with Gasteiger partial charge in [0.2, 0.25) is 0 Å². The van der Waals surface area contributed by atoms with Crippen LogP contribution in [0.15, 0.2) is 34.9 Å². The van der Waals surface area contributed by atoms with Crippen molar-refractivity contribution in [2.45, 2.75) is 6.92 Å². The first-order chi connectivity index (χ1) is 8.08. The van der Waals surface area contributed by atoms with Gasteiger partial charge in [0.1, 0.15) is 4.91 Å². The van der Waals surface area contributed by atoms with E-state index in [9.17, 15) is 4.79 Å². The Morgan fingerprint density at radius 3 is 2.59 bits per heavy atom. The van der Waals surface area contributed by atoms with Gasteiger partial charge in [0.05, 0.1) is 0 Å². The van der Waals surface area contributed by atoms with Crippen molar-refractivity contribution in [3.8, 4) is 0 Å². The van der Waals surface area contributed by atoms with Crippen molar-refractivity contribution in [1.82, 2.24) is 9.84 Å². The van der Waals surface area contributed by atoms with E-state index in [1.807, 2.05) is 19.0 Å². The molecule has 6 heteroatoms. The van der Waals surface area contributed by atoms with E-state index in [4.69, 9.17) is 5.73 Å². The average molecular weight is 250 g/mol. The lowest BCUT2D eigenvalue weighted by molar-refractivity contribution is -0.112. The Kier molecular flexibility index (Phi) is 3.26. The molecule has 1 aliphatic rings. The first kappa shape index (κ1) is 11.8. The van der Waals surface area contributed by atoms with Gasteiger partial charge < -0.3 is 16.1 Å². The monoisotopic (exact) mass is 250 g/mol. The minimum Gasteiger partial charge on any atom is -0.399 e. The molecule has 0 spiro atoms. The maximum absolute atomic E-state index is 12.0. The van der Waals surface area contributed by atoms with Crippen LogP contribution in [0.5, 0.6) is 0 Å². The van der Waals surface area contributed by atoms with E-state index >= 15 is 0 Å². The summed E-state index contributed by atoms with van der Waals surface area (Å²) in [7, 11) is 1.87. The molecule has 90 valence electrons. The van der Waals surface area contributed by atoms with Crippen LogP contribution < -0.4 is 15.9 Å². The van der Waals surface area contributed by atoms with Crippen LogP contribution in [0.25, 0.3) is 0 Å². The van der Waals surface area contributed by atoms with Crippen LogP contribution in [0, 0.1) is 0 Å². The lowest BCUT2D eigenvalue weighted by Gasteiger charge is -2.10. The first-order valence-electron chi connectivity index (χ1n) is 5.12. The molecule has 0 aliphatic carbocycles. The fraction of sp³-hybridized carbons (Fsp3) is 0.182. The summed E-state index contributed by atoms with van der Waals surface area (Å²) in [6, 6.07) is 7.06. The number of nitrogens with two attached hydrogens (primary N) is 1. The fourth-order valence-corrected chi connectivity index (χ4v) is 2.17. The molecule has 17 heavy (non-hydrogen) atoms. The Morgan fingerprint density at radius 2 is 2.06 bits per heavy atom. The van der Waals surface area contributed by atoms with E-state index in [1.54, 1.807) is 24.3 Å². The molecule has 0 fully saturated rings. The third-order valence-electron chi connectivity index (χ3n) is 2.49. The highest BCUT2D eigenvalue weighted by atomic mass is 32.2. The zero-order valence-electron chi connectivity index (χ0n) is 9.65. The third kappa shape index (κ3) is 2.54. The standard InChI is InChI=1S/C11H14N4OS/c1-7-10(17-14-15(7)2)11(16)13-9-5-3-8(12)4-6-9/h3-6,14H,12H2,1-2H3,(H,13,16). The third-order valence-corrected chi connectivity index (χ3v) is 3.54. The van der Waals surface area contributed by atoms with Gasteiger partial charge >= 0.3 is 0 Å². The molecule has 0 radical (unpaired) electrons. The summed E-state index contributed by atoms with van der Waals surface area (Å²) < 4.78 is 0. The van der Waals surface area contributed by atoms with Crippen LogP contribution >= 0.6 is 11.9 Å². The molecule has 4 N–H and O–H groups in total. The topological polar surface area (TPSA) is 70.4 Å². The molecule has 0 saturated carbocycles. The van der Waals surface area contributed by atoms with E-state index < -0.39 is 0 Å². The second kappa shape index (κ2) is 4.68. The van der Waals surface area contributed by atoms with Gasteiger partial charge in [-0.25, -0.2) is 0 Å². The van der Waals surface area contributed by atoms with Crippen LogP contribution in [0.1, 0.15) is 6.92 Å². The molecule has 5 nitrogen and oxygen atoms in total. The molecular formula is C11H14N4OS. The second-order valence-electron chi connectivity index (χ2n) is 3.74. The fourth-order valence-electron chi connectivity index (χ4n) is 1.37. The maximum Gasteiger partial charge on any atom is 0.265 e. The number of amides is 1. The number of rotatable bonds is 2. The molecule has 1 aromatic carbocycles. The summed E-state index contributed by atoms with van der Waals surface area (Å²) in [5.74, 6) is -0.117. The maximum atomic E-state index is 12.0. The number of carbonyl (C=O) groups excluding carboxylic acids is 1. The summed E-state index contributed by atoms with van der Waals surface area (Å²) in [5.41, 5.74) is 7.89. The van der Waals surface area contributed by atoms with Gasteiger partial charge in [-0.1, -0.05) is 0 Å². The molecular weight excluding hydrogens is 236 g/mol. The van der Waals surface area contributed by atoms with E-state index in [-0.39, 0.29) is 5.91 Å². The van der Waals surface area contributed by atoms with E-state index in [2.05, 4.69) is 10.1 Å². The average Bonchev–Trinajstić information content (AvgIpc) is 2.63. The van der Waals surface area contributed by atoms with Crippen LogP contribution in [0.4, 0.5) is 11.4 Å². The van der Waals surface area contributed by atoms with Gasteiger partial charge in [-0.2, -0.15) is 4.83 Å². The van der Waals surface area contributed by atoms with Crippen molar-refractivity contribution >= 4 is 29.2 Å². The summed E-state index contributed by atoms with van der Waals surface area (Å²) in [6.07, 6.45) is 0. The highest BCUT2D eigenvalue weighted by molar-refractivity contribution is 8.02. The summed E-state index contributed by atoms with van der Waals surface area (Å²) in [6.45, 7) is 1.89. The summed E-state index contributed by atoms with van der Waals surface area (Å²) in [5, 5.41) is 4.63. The number of allylic oxidation sites excluding steroid dienone is 1. The highest BCUT2D eigenvalue weighted by Gasteiger charge is 2.22. The lowest BCUT2D eigenvalue weighted by atomic mass is 10.3. The van der Waals surface area contributed by atoms with Crippen molar-refractivity contribution in [3.63, 3.8) is 0 Å². The number of carbonyl (C=O) groups is 1. The van der Waals surface area contributed by atoms with Gasteiger partial charge in [-0.3, -0.25) is 4.79 Å². The van der Waals surface area contributed by atoms with Crippen LogP contribution in [-0.4, -0.2) is 18.0 Å². The SMILES string of the molecule is CC1=C(C(=O)Nc2ccc(N)cc2)SNN1C. The molecule has 1 aromatic rings. The Labute approximate surface area is 104 Å². The van der Waals surface area contributed by atoms with E-state index in [0.717, 1.165) is 11.4 Å². The predicted molar refractivity (Wildman–Crippen MR) is 70.7 cm³/mol. The Bertz CT molecular complexity index is 469. The molecule has 0 saturated heterocycles. The Morgan fingerprint density at radius 1 is 1.41 bits per heavy atom. The number of hydrogen-bond acceptors (Lipinski definition) is 5. The second-order valence-corrected chi connectivity index (χ2v) is 4.54. The van der Waals surface area contributed by atoms with Crippen molar-refractivity contribution in [2.75, 3.05) is 18.1 Å². The number of benzene rings is 1. The Balaban J connectivity index is 2.10. The summed E-state index contributed by atoms with van der Waals surface area (Å²) >= 11 is 1.31. The minimum atomic E-state index is -0.117. The van der Waals surface area contributed by atoms with E-state index in [1.165, 1.54) is 11.9 Å². The smallest absolute Gasteiger partial charge is 0.265 e. The highest BCUT2D eigenvalue weighted by Crippen LogP contribution is 2.26.